The van der Waals surface area contributed by atoms with Crippen LogP contribution in [0.3, 0.4) is 0 Å². The molecule has 0 aliphatic carbocycles. The Labute approximate surface area is 140 Å². The Bertz CT molecular complexity index is 938. The van der Waals surface area contributed by atoms with E-state index in [2.05, 4.69) is 5.32 Å². The molecule has 120 valence electrons. The molecular formula is C18H11F2NO2S. The zero-order valence-electron chi connectivity index (χ0n) is 12.2. The number of nitrogens with one attached hydrogen (secondary N) is 1. The van der Waals surface area contributed by atoms with E-state index in [1.54, 1.807) is 18.2 Å². The second-order valence-corrected chi connectivity index (χ2v) is 6.33. The maximum Gasteiger partial charge on any atom is 0.244 e. The van der Waals surface area contributed by atoms with E-state index in [0.717, 1.165) is 6.07 Å². The Morgan fingerprint density at radius 2 is 1.75 bits per heavy atom. The molecule has 3 aromatic rings. The van der Waals surface area contributed by atoms with Gasteiger partial charge in [-0.05, 0) is 46.2 Å². The van der Waals surface area contributed by atoms with Gasteiger partial charge in [0.15, 0.2) is 11.6 Å². The van der Waals surface area contributed by atoms with Crippen LogP contribution in [0.15, 0.2) is 53.2 Å². The minimum Gasteiger partial charge on any atom is -0.508 e. The molecule has 0 radical (unpaired) electrons. The molecule has 0 fully saturated rings. The van der Waals surface area contributed by atoms with Crippen molar-refractivity contribution in [3.05, 3.63) is 81.5 Å². The monoisotopic (exact) mass is 343 g/mol. The molecule has 2 heterocycles. The molecule has 2 N–H and O–H groups in total. The number of halogens is 2. The first-order valence-electron chi connectivity index (χ1n) is 7.17. The van der Waals surface area contributed by atoms with Crippen LogP contribution in [0.2, 0.25) is 0 Å². The number of aromatic hydroxyl groups is 1. The lowest BCUT2D eigenvalue weighted by Crippen LogP contribution is -2.36. The molecule has 1 atom stereocenters. The van der Waals surface area contributed by atoms with E-state index in [1.165, 1.54) is 29.5 Å². The number of carbonyl (C=O) groups excluding carboxylic acids is 1. The summed E-state index contributed by atoms with van der Waals surface area (Å²) in [6.45, 7) is 0. The Hall–Kier alpha value is -2.73. The Kier molecular flexibility index (Phi) is 3.18. The fourth-order valence-electron chi connectivity index (χ4n) is 3.24. The lowest BCUT2D eigenvalue weighted by atomic mass is 9.71. The lowest BCUT2D eigenvalue weighted by molar-refractivity contribution is -0.118. The number of hydrogen-bond donors (Lipinski definition) is 2. The van der Waals surface area contributed by atoms with Gasteiger partial charge in [-0.25, -0.2) is 8.78 Å². The number of rotatable bonds is 2. The zero-order chi connectivity index (χ0) is 16.9. The van der Waals surface area contributed by atoms with Gasteiger partial charge in [0.1, 0.15) is 11.2 Å². The normalized spacial score (nSPS) is 19.2. The zero-order valence-corrected chi connectivity index (χ0v) is 13.0. The molecule has 0 bridgehead atoms. The van der Waals surface area contributed by atoms with Gasteiger partial charge >= 0.3 is 0 Å². The number of carbonyl (C=O) groups is 1. The summed E-state index contributed by atoms with van der Waals surface area (Å²) in [5, 5.41) is 15.7. The predicted molar refractivity (Wildman–Crippen MR) is 87.3 cm³/mol. The van der Waals surface area contributed by atoms with Crippen LogP contribution in [0.25, 0.3) is 0 Å². The van der Waals surface area contributed by atoms with E-state index in [0.29, 0.717) is 16.7 Å². The summed E-state index contributed by atoms with van der Waals surface area (Å²) in [5.41, 5.74) is 0.175. The summed E-state index contributed by atoms with van der Waals surface area (Å²) in [6, 6.07) is 10.4. The highest BCUT2D eigenvalue weighted by molar-refractivity contribution is 7.08. The number of phenols is 1. The predicted octanol–water partition coefficient (Wildman–Crippen LogP) is 4.02. The van der Waals surface area contributed by atoms with Crippen molar-refractivity contribution in [2.24, 2.45) is 0 Å². The van der Waals surface area contributed by atoms with E-state index >= 15 is 0 Å². The highest BCUT2D eigenvalue weighted by Crippen LogP contribution is 2.49. The van der Waals surface area contributed by atoms with Gasteiger partial charge in [-0.1, -0.05) is 18.2 Å². The molecule has 2 aromatic carbocycles. The van der Waals surface area contributed by atoms with Gasteiger partial charge in [-0.15, -0.1) is 0 Å². The van der Waals surface area contributed by atoms with Crippen LogP contribution in [0.4, 0.5) is 14.5 Å². The third-order valence-electron chi connectivity index (χ3n) is 4.33. The number of fused-ring (bicyclic) bond motifs is 1. The maximum absolute atomic E-state index is 14.2. The van der Waals surface area contributed by atoms with Gasteiger partial charge in [-0.3, -0.25) is 4.79 Å². The third kappa shape index (κ3) is 1.83. The maximum atomic E-state index is 14.2. The third-order valence-corrected chi connectivity index (χ3v) is 5.02. The molecule has 6 heteroatoms. The summed E-state index contributed by atoms with van der Waals surface area (Å²) in [5.74, 6) is -2.48. The van der Waals surface area contributed by atoms with Crippen LogP contribution in [0.1, 0.15) is 16.7 Å². The first-order chi connectivity index (χ1) is 11.5. The molecule has 4 rings (SSSR count). The average Bonchev–Trinajstić information content (AvgIpc) is 3.19. The number of anilines is 1. The fraction of sp³-hybridized carbons (Fsp3) is 0.0556. The minimum atomic E-state index is -1.28. The van der Waals surface area contributed by atoms with Crippen molar-refractivity contribution in [2.75, 3.05) is 5.32 Å². The summed E-state index contributed by atoms with van der Waals surface area (Å²) in [4.78, 5) is 12.9. The van der Waals surface area contributed by atoms with Crippen LogP contribution in [0, 0.1) is 11.6 Å². The fourth-order valence-corrected chi connectivity index (χ4v) is 3.95. The van der Waals surface area contributed by atoms with Crippen molar-refractivity contribution in [2.45, 2.75) is 5.41 Å². The Morgan fingerprint density at radius 3 is 2.42 bits per heavy atom. The summed E-state index contributed by atoms with van der Waals surface area (Å²) >= 11 is 1.41. The molecule has 1 aliphatic heterocycles. The molecule has 0 saturated carbocycles. The highest BCUT2D eigenvalue weighted by atomic mass is 32.1. The molecule has 3 nitrogen and oxygen atoms in total. The van der Waals surface area contributed by atoms with Gasteiger partial charge in [0.2, 0.25) is 5.91 Å². The van der Waals surface area contributed by atoms with Crippen molar-refractivity contribution >= 4 is 22.9 Å². The second-order valence-electron chi connectivity index (χ2n) is 5.55. The Morgan fingerprint density at radius 1 is 1.00 bits per heavy atom. The summed E-state index contributed by atoms with van der Waals surface area (Å²) in [7, 11) is 0. The molecular weight excluding hydrogens is 332 g/mol. The molecule has 0 spiro atoms. The smallest absolute Gasteiger partial charge is 0.244 e. The number of thiophene rings is 1. The number of phenolic OH excluding ortho intramolecular Hbond substituents is 1. The van der Waals surface area contributed by atoms with Crippen molar-refractivity contribution in [1.29, 1.82) is 0 Å². The highest BCUT2D eigenvalue weighted by Gasteiger charge is 2.51. The van der Waals surface area contributed by atoms with E-state index in [1.807, 2.05) is 10.8 Å². The van der Waals surface area contributed by atoms with E-state index in [-0.39, 0.29) is 11.4 Å². The topological polar surface area (TPSA) is 49.3 Å². The largest absolute Gasteiger partial charge is 0.508 e. The van der Waals surface area contributed by atoms with Crippen LogP contribution >= 0.6 is 11.3 Å². The average molecular weight is 343 g/mol. The van der Waals surface area contributed by atoms with Gasteiger partial charge in [-0.2, -0.15) is 11.3 Å². The first-order valence-corrected chi connectivity index (χ1v) is 8.11. The van der Waals surface area contributed by atoms with Crippen LogP contribution in [-0.2, 0) is 10.2 Å². The minimum absolute atomic E-state index is 0.0585. The van der Waals surface area contributed by atoms with Crippen molar-refractivity contribution < 1.29 is 18.7 Å². The van der Waals surface area contributed by atoms with Crippen LogP contribution < -0.4 is 5.32 Å². The molecule has 1 unspecified atom stereocenters. The van der Waals surface area contributed by atoms with Gasteiger partial charge < -0.3 is 10.4 Å². The number of amides is 1. The van der Waals surface area contributed by atoms with E-state index < -0.39 is 23.0 Å². The van der Waals surface area contributed by atoms with Crippen LogP contribution in [-0.4, -0.2) is 11.0 Å². The van der Waals surface area contributed by atoms with E-state index in [9.17, 15) is 18.7 Å². The molecule has 24 heavy (non-hydrogen) atoms. The number of hydrogen-bond acceptors (Lipinski definition) is 3. The molecule has 0 saturated heterocycles. The first kappa shape index (κ1) is 14.8. The Balaban J connectivity index is 2.08. The summed E-state index contributed by atoms with van der Waals surface area (Å²) < 4.78 is 27.8. The van der Waals surface area contributed by atoms with Crippen LogP contribution in [0.5, 0.6) is 5.75 Å². The van der Waals surface area contributed by atoms with Crippen molar-refractivity contribution in [3.8, 4) is 5.75 Å². The lowest BCUT2D eigenvalue weighted by Gasteiger charge is -2.27. The molecule has 1 amide bonds. The van der Waals surface area contributed by atoms with E-state index in [4.69, 9.17) is 0 Å². The SMILES string of the molecule is O=C1Nc2c(ccc(F)c2F)C1(c1ccc(O)cc1)c1ccsc1. The molecule has 1 aliphatic rings. The standard InChI is InChI=1S/C18H11F2NO2S/c19-14-6-5-13-16(15(14)20)21-17(23)18(13,11-7-8-24-9-11)10-1-3-12(22)4-2-10/h1-9,22H,(H,21,23). The quantitative estimate of drug-likeness (QED) is 0.738. The number of benzene rings is 2. The van der Waals surface area contributed by atoms with Gasteiger partial charge in [0.05, 0.1) is 5.69 Å². The molecule has 1 aromatic heterocycles. The van der Waals surface area contributed by atoms with Gasteiger partial charge in [0, 0.05) is 5.56 Å². The summed E-state index contributed by atoms with van der Waals surface area (Å²) in [6.07, 6.45) is 0. The van der Waals surface area contributed by atoms with Crippen molar-refractivity contribution in [3.63, 3.8) is 0 Å². The van der Waals surface area contributed by atoms with Gasteiger partial charge in [0.25, 0.3) is 0 Å². The second kappa shape index (κ2) is 5.14. The van der Waals surface area contributed by atoms with Crippen molar-refractivity contribution in [1.82, 2.24) is 0 Å².